The number of carbonyl (C=O) groups excluding carboxylic acids is 1. The Morgan fingerprint density at radius 3 is 2.85 bits per heavy atom. The zero-order valence-electron chi connectivity index (χ0n) is 7.18. The molecule has 2 nitrogen and oxygen atoms in total. The summed E-state index contributed by atoms with van der Waals surface area (Å²) in [6.07, 6.45) is -1.17. The lowest BCUT2D eigenvalue weighted by atomic mass is 9.99. The van der Waals surface area contributed by atoms with Crippen LogP contribution in [0.25, 0.3) is 0 Å². The third-order valence-corrected chi connectivity index (χ3v) is 2.51. The Balaban J connectivity index is 2.46. The predicted molar refractivity (Wildman–Crippen MR) is 46.0 cm³/mol. The van der Waals surface area contributed by atoms with E-state index in [-0.39, 0.29) is 18.3 Å². The molecule has 0 aromatic carbocycles. The zero-order chi connectivity index (χ0) is 9.84. The van der Waals surface area contributed by atoms with Crippen molar-refractivity contribution in [3.8, 4) is 0 Å². The molecule has 1 amide bonds. The van der Waals surface area contributed by atoms with Gasteiger partial charge in [-0.2, -0.15) is 0 Å². The highest BCUT2D eigenvalue weighted by Gasteiger charge is 2.28. The first kappa shape index (κ1) is 10.7. The van der Waals surface area contributed by atoms with Crippen LogP contribution in [0.4, 0.5) is 8.78 Å². The average Bonchev–Trinajstić information content (AvgIpc) is 2.17. The van der Waals surface area contributed by atoms with Crippen molar-refractivity contribution in [3.05, 3.63) is 0 Å². The summed E-state index contributed by atoms with van der Waals surface area (Å²) in [4.78, 5) is 12.5. The molecule has 1 unspecified atom stereocenters. The lowest BCUT2D eigenvalue weighted by Gasteiger charge is -2.31. The Kier molecular flexibility index (Phi) is 3.90. The molecule has 5 heteroatoms. The molecule has 1 aliphatic rings. The minimum absolute atomic E-state index is 0.115. The molecule has 1 rings (SSSR count). The molecule has 0 saturated carbocycles. The van der Waals surface area contributed by atoms with Gasteiger partial charge < -0.3 is 4.90 Å². The van der Waals surface area contributed by atoms with Gasteiger partial charge in [-0.1, -0.05) is 0 Å². The fourth-order valence-corrected chi connectivity index (χ4v) is 1.70. The summed E-state index contributed by atoms with van der Waals surface area (Å²) >= 11 is 5.33. The number of alkyl halides is 3. The van der Waals surface area contributed by atoms with Gasteiger partial charge in [0.05, 0.1) is 0 Å². The number of hydrogen-bond donors (Lipinski definition) is 0. The number of carbonyl (C=O) groups is 1. The highest BCUT2D eigenvalue weighted by Crippen LogP contribution is 2.22. The van der Waals surface area contributed by atoms with E-state index in [1.807, 2.05) is 0 Å². The average molecular weight is 212 g/mol. The van der Waals surface area contributed by atoms with Gasteiger partial charge in [-0.05, 0) is 12.8 Å². The lowest BCUT2D eigenvalue weighted by molar-refractivity contribution is -0.131. The zero-order valence-corrected chi connectivity index (χ0v) is 7.94. The second kappa shape index (κ2) is 4.74. The van der Waals surface area contributed by atoms with E-state index in [1.54, 1.807) is 0 Å². The van der Waals surface area contributed by atoms with Gasteiger partial charge in [0.25, 0.3) is 0 Å². The third kappa shape index (κ3) is 2.79. The van der Waals surface area contributed by atoms with Crippen LogP contribution in [0.3, 0.4) is 0 Å². The van der Waals surface area contributed by atoms with Crippen molar-refractivity contribution in [2.75, 3.05) is 19.0 Å². The van der Waals surface area contributed by atoms with Crippen molar-refractivity contribution < 1.29 is 13.6 Å². The number of amides is 1. The Morgan fingerprint density at radius 1 is 1.62 bits per heavy atom. The molecule has 0 aromatic heterocycles. The van der Waals surface area contributed by atoms with Crippen LogP contribution in [0.1, 0.15) is 12.8 Å². The number of piperidine rings is 1. The number of hydrogen-bond acceptors (Lipinski definition) is 1. The van der Waals surface area contributed by atoms with Crippen molar-refractivity contribution in [2.24, 2.45) is 5.92 Å². The molecule has 0 aromatic rings. The number of likely N-dealkylation sites (tertiary alicyclic amines) is 1. The van der Waals surface area contributed by atoms with Crippen molar-refractivity contribution in [2.45, 2.75) is 19.3 Å². The number of nitrogens with zero attached hydrogens (tertiary/aromatic N) is 1. The standard InChI is InChI=1S/C8H12ClF2NO/c9-4-7(13)12-3-1-2-6(5-12)8(10)11/h6,8H,1-5H2. The van der Waals surface area contributed by atoms with Gasteiger partial charge >= 0.3 is 0 Å². The molecule has 76 valence electrons. The Bertz CT molecular complexity index is 189. The SMILES string of the molecule is O=C(CCl)N1CCCC(C(F)F)C1. The monoisotopic (exact) mass is 211 g/mol. The van der Waals surface area contributed by atoms with E-state index in [9.17, 15) is 13.6 Å². The van der Waals surface area contributed by atoms with Crippen LogP contribution in [-0.4, -0.2) is 36.2 Å². The Hall–Kier alpha value is -0.380. The summed E-state index contributed by atoms with van der Waals surface area (Å²) < 4.78 is 24.6. The molecule has 0 aliphatic carbocycles. The van der Waals surface area contributed by atoms with Crippen LogP contribution < -0.4 is 0 Å². The van der Waals surface area contributed by atoms with Crippen molar-refractivity contribution in [1.82, 2.24) is 4.90 Å². The van der Waals surface area contributed by atoms with Crippen LogP contribution in [-0.2, 0) is 4.79 Å². The van der Waals surface area contributed by atoms with Crippen LogP contribution in [0, 0.1) is 5.92 Å². The molecule has 1 saturated heterocycles. The molecule has 0 spiro atoms. The maximum Gasteiger partial charge on any atom is 0.243 e. The minimum Gasteiger partial charge on any atom is -0.341 e. The van der Waals surface area contributed by atoms with E-state index in [4.69, 9.17) is 11.6 Å². The Morgan fingerprint density at radius 2 is 2.31 bits per heavy atom. The van der Waals surface area contributed by atoms with Gasteiger partial charge in [0.15, 0.2) is 0 Å². The maximum absolute atomic E-state index is 12.3. The number of halogens is 3. The topological polar surface area (TPSA) is 20.3 Å². The molecule has 0 N–H and O–H groups in total. The van der Waals surface area contributed by atoms with Crippen LogP contribution in [0.5, 0.6) is 0 Å². The maximum atomic E-state index is 12.3. The third-order valence-electron chi connectivity index (χ3n) is 2.28. The van der Waals surface area contributed by atoms with Gasteiger partial charge in [-0.3, -0.25) is 4.79 Å². The summed E-state index contributed by atoms with van der Waals surface area (Å²) in [6.45, 7) is 0.720. The molecular formula is C8H12ClF2NO. The highest BCUT2D eigenvalue weighted by atomic mass is 35.5. The van der Waals surface area contributed by atoms with Crippen molar-refractivity contribution in [3.63, 3.8) is 0 Å². The fourth-order valence-electron chi connectivity index (χ4n) is 1.53. The van der Waals surface area contributed by atoms with Crippen LogP contribution in [0.2, 0.25) is 0 Å². The quantitative estimate of drug-likeness (QED) is 0.637. The number of rotatable bonds is 2. The van der Waals surface area contributed by atoms with E-state index in [0.29, 0.717) is 19.4 Å². The van der Waals surface area contributed by atoms with Gasteiger partial charge in [0.1, 0.15) is 5.88 Å². The summed E-state index contributed by atoms with van der Waals surface area (Å²) in [5, 5.41) is 0. The molecule has 13 heavy (non-hydrogen) atoms. The summed E-state index contributed by atoms with van der Waals surface area (Å²) in [5.41, 5.74) is 0. The first-order valence-electron chi connectivity index (χ1n) is 4.27. The second-order valence-electron chi connectivity index (χ2n) is 3.21. The second-order valence-corrected chi connectivity index (χ2v) is 3.48. The van der Waals surface area contributed by atoms with E-state index in [0.717, 1.165) is 0 Å². The van der Waals surface area contributed by atoms with E-state index in [2.05, 4.69) is 0 Å². The molecule has 0 radical (unpaired) electrons. The Labute approximate surface area is 80.8 Å². The molecule has 1 fully saturated rings. The first-order valence-corrected chi connectivity index (χ1v) is 4.80. The van der Waals surface area contributed by atoms with E-state index in [1.165, 1.54) is 4.90 Å². The van der Waals surface area contributed by atoms with Gasteiger partial charge in [0.2, 0.25) is 12.3 Å². The molecule has 0 bridgehead atoms. The summed E-state index contributed by atoms with van der Waals surface area (Å²) in [5.74, 6) is -1.02. The lowest BCUT2D eigenvalue weighted by Crippen LogP contribution is -2.42. The van der Waals surface area contributed by atoms with E-state index < -0.39 is 12.3 Å². The van der Waals surface area contributed by atoms with Crippen molar-refractivity contribution >= 4 is 17.5 Å². The molecule has 1 aliphatic heterocycles. The van der Waals surface area contributed by atoms with Gasteiger partial charge in [-0.15, -0.1) is 11.6 Å². The normalized spacial score (nSPS) is 23.7. The van der Waals surface area contributed by atoms with E-state index >= 15 is 0 Å². The van der Waals surface area contributed by atoms with Gasteiger partial charge in [0, 0.05) is 19.0 Å². The molecular weight excluding hydrogens is 200 g/mol. The molecule has 1 heterocycles. The fraction of sp³-hybridized carbons (Fsp3) is 0.875. The largest absolute Gasteiger partial charge is 0.341 e. The summed E-state index contributed by atoms with van der Waals surface area (Å²) in [6, 6.07) is 0. The van der Waals surface area contributed by atoms with Gasteiger partial charge in [-0.25, -0.2) is 8.78 Å². The predicted octanol–water partition coefficient (Wildman–Crippen LogP) is 1.73. The molecule has 1 atom stereocenters. The smallest absolute Gasteiger partial charge is 0.243 e. The van der Waals surface area contributed by atoms with Crippen LogP contribution >= 0.6 is 11.6 Å². The minimum atomic E-state index is -2.33. The first-order chi connectivity index (χ1) is 6.15. The highest BCUT2D eigenvalue weighted by molar-refractivity contribution is 6.27. The summed E-state index contributed by atoms with van der Waals surface area (Å²) in [7, 11) is 0. The van der Waals surface area contributed by atoms with Crippen molar-refractivity contribution in [1.29, 1.82) is 0 Å². The van der Waals surface area contributed by atoms with Crippen LogP contribution in [0.15, 0.2) is 0 Å².